The number of aryl methyl sites for hydroxylation is 1. The minimum Gasteiger partial charge on any atom is -0.496 e. The fraction of sp³-hybridized carbons (Fsp3) is 0.269. The second kappa shape index (κ2) is 9.14. The van der Waals surface area contributed by atoms with Gasteiger partial charge in [0.1, 0.15) is 23.0 Å². The smallest absolute Gasteiger partial charge is 0.270 e. The first-order valence-corrected chi connectivity index (χ1v) is 11.9. The van der Waals surface area contributed by atoms with Gasteiger partial charge in [-0.05, 0) is 75.2 Å². The van der Waals surface area contributed by atoms with Crippen LogP contribution in [0.2, 0.25) is 0 Å². The second-order valence-electron chi connectivity index (χ2n) is 9.21. The van der Waals surface area contributed by atoms with Crippen molar-refractivity contribution in [3.05, 3.63) is 65.2 Å². The predicted molar refractivity (Wildman–Crippen MR) is 136 cm³/mol. The Kier molecular flexibility index (Phi) is 6.38. The molecular formula is C26H27FN4O3S. The van der Waals surface area contributed by atoms with E-state index < -0.39 is 5.54 Å². The molecule has 2 amide bonds. The van der Waals surface area contributed by atoms with Crippen LogP contribution in [0, 0.1) is 12.7 Å². The van der Waals surface area contributed by atoms with Gasteiger partial charge in [-0.2, -0.15) is 0 Å². The summed E-state index contributed by atoms with van der Waals surface area (Å²) >= 11 is 1.40. The second-order valence-corrected chi connectivity index (χ2v) is 10.2. The van der Waals surface area contributed by atoms with E-state index >= 15 is 0 Å². The van der Waals surface area contributed by atoms with Gasteiger partial charge < -0.3 is 15.4 Å². The molecule has 0 saturated heterocycles. The Morgan fingerprint density at radius 2 is 1.80 bits per heavy atom. The van der Waals surface area contributed by atoms with Crippen molar-refractivity contribution in [2.75, 3.05) is 14.2 Å². The molecule has 0 atom stereocenters. The number of hydrogen-bond donors (Lipinski definition) is 2. The molecule has 0 aliphatic carbocycles. The molecule has 0 fully saturated rings. The molecule has 2 heterocycles. The molecule has 0 radical (unpaired) electrons. The van der Waals surface area contributed by atoms with Crippen molar-refractivity contribution >= 4 is 28.1 Å². The lowest BCUT2D eigenvalue weighted by atomic mass is 10.0. The third-order valence-corrected chi connectivity index (χ3v) is 6.45. The highest BCUT2D eigenvalue weighted by atomic mass is 32.1. The summed E-state index contributed by atoms with van der Waals surface area (Å²) in [6.07, 6.45) is 1.84. The first kappa shape index (κ1) is 24.4. The maximum Gasteiger partial charge on any atom is 0.270 e. The van der Waals surface area contributed by atoms with Crippen LogP contribution in [-0.4, -0.2) is 40.9 Å². The number of amides is 2. The highest BCUT2D eigenvalue weighted by molar-refractivity contribution is 7.20. The third-order valence-electron chi connectivity index (χ3n) is 5.43. The quantitative estimate of drug-likeness (QED) is 0.406. The Labute approximate surface area is 207 Å². The Hall–Kier alpha value is -3.72. The highest BCUT2D eigenvalue weighted by Crippen LogP contribution is 2.37. The first-order valence-electron chi connectivity index (χ1n) is 11.0. The maximum absolute atomic E-state index is 13.4. The van der Waals surface area contributed by atoms with Gasteiger partial charge in [0.25, 0.3) is 11.8 Å². The van der Waals surface area contributed by atoms with E-state index in [-0.39, 0.29) is 17.6 Å². The fourth-order valence-corrected chi connectivity index (χ4v) is 4.88. The molecule has 0 aliphatic heterocycles. The van der Waals surface area contributed by atoms with E-state index in [2.05, 4.69) is 10.6 Å². The monoisotopic (exact) mass is 494 g/mol. The average Bonchev–Trinajstić information content (AvgIpc) is 3.35. The molecule has 9 heteroatoms. The Balaban J connectivity index is 1.86. The van der Waals surface area contributed by atoms with Crippen molar-refractivity contribution < 1.29 is 18.7 Å². The van der Waals surface area contributed by atoms with E-state index in [4.69, 9.17) is 9.72 Å². The molecule has 0 saturated carbocycles. The summed E-state index contributed by atoms with van der Waals surface area (Å²) in [7, 11) is 3.09. The lowest BCUT2D eigenvalue weighted by Gasteiger charge is -2.22. The Morgan fingerprint density at radius 3 is 2.40 bits per heavy atom. The van der Waals surface area contributed by atoms with Gasteiger partial charge in [-0.3, -0.25) is 14.0 Å². The van der Waals surface area contributed by atoms with Gasteiger partial charge in [0.15, 0.2) is 4.96 Å². The minimum atomic E-state index is -0.407. The number of carbonyl (C=O) groups excluding carboxylic acids is 2. The van der Waals surface area contributed by atoms with E-state index in [0.717, 1.165) is 16.0 Å². The number of aromatic nitrogens is 2. The van der Waals surface area contributed by atoms with Gasteiger partial charge in [0.2, 0.25) is 0 Å². The molecule has 35 heavy (non-hydrogen) atoms. The lowest BCUT2D eigenvalue weighted by Crippen LogP contribution is -2.40. The summed E-state index contributed by atoms with van der Waals surface area (Å²) in [5.74, 6) is -0.418. The van der Waals surface area contributed by atoms with Crippen molar-refractivity contribution in [2.24, 2.45) is 0 Å². The predicted octanol–water partition coefficient (Wildman–Crippen LogP) is 5.07. The first-order chi connectivity index (χ1) is 16.5. The number of fused-ring (bicyclic) bond motifs is 1. The summed E-state index contributed by atoms with van der Waals surface area (Å²) in [6.45, 7) is 7.69. The molecule has 2 aromatic carbocycles. The van der Waals surface area contributed by atoms with Gasteiger partial charge in [-0.1, -0.05) is 11.3 Å². The van der Waals surface area contributed by atoms with Crippen molar-refractivity contribution in [1.29, 1.82) is 0 Å². The number of methoxy groups -OCH3 is 1. The van der Waals surface area contributed by atoms with Crippen LogP contribution in [0.4, 0.5) is 4.39 Å². The summed E-state index contributed by atoms with van der Waals surface area (Å²) in [5.41, 5.74) is 3.24. The number of carbonyl (C=O) groups is 2. The average molecular weight is 495 g/mol. The van der Waals surface area contributed by atoms with Crippen LogP contribution in [0.1, 0.15) is 47.2 Å². The van der Waals surface area contributed by atoms with Gasteiger partial charge in [0, 0.05) is 24.3 Å². The van der Waals surface area contributed by atoms with Crippen LogP contribution < -0.4 is 15.4 Å². The Morgan fingerprint density at radius 1 is 1.11 bits per heavy atom. The van der Waals surface area contributed by atoms with E-state index in [9.17, 15) is 14.0 Å². The number of ether oxygens (including phenoxy) is 1. The molecule has 182 valence electrons. The lowest BCUT2D eigenvalue weighted by molar-refractivity contribution is 0.0914. The van der Waals surface area contributed by atoms with Gasteiger partial charge in [-0.15, -0.1) is 0 Å². The summed E-state index contributed by atoms with van der Waals surface area (Å²) < 4.78 is 20.7. The summed E-state index contributed by atoms with van der Waals surface area (Å²) in [5, 5.41) is 5.64. The van der Waals surface area contributed by atoms with Crippen LogP contribution in [0.5, 0.6) is 5.75 Å². The maximum atomic E-state index is 13.4. The number of hydrogen-bond acceptors (Lipinski definition) is 5. The topological polar surface area (TPSA) is 84.7 Å². The van der Waals surface area contributed by atoms with E-state index in [1.54, 1.807) is 29.6 Å². The van der Waals surface area contributed by atoms with Gasteiger partial charge in [0.05, 0.1) is 17.6 Å². The molecule has 0 bridgehead atoms. The number of nitrogens with zero attached hydrogens (tertiary/aromatic N) is 2. The molecule has 7 nitrogen and oxygen atoms in total. The number of benzene rings is 2. The van der Waals surface area contributed by atoms with Crippen LogP contribution >= 0.6 is 11.3 Å². The van der Waals surface area contributed by atoms with Gasteiger partial charge in [-0.25, -0.2) is 9.37 Å². The number of thiazole rings is 1. The molecule has 2 N–H and O–H groups in total. The normalized spacial score (nSPS) is 11.5. The van der Waals surface area contributed by atoms with Crippen molar-refractivity contribution in [3.8, 4) is 27.4 Å². The van der Waals surface area contributed by atoms with Crippen LogP contribution in [0.25, 0.3) is 26.7 Å². The van der Waals surface area contributed by atoms with E-state index in [0.29, 0.717) is 33.2 Å². The summed E-state index contributed by atoms with van der Waals surface area (Å²) in [6, 6.07) is 9.52. The zero-order valence-corrected chi connectivity index (χ0v) is 21.3. The molecule has 4 aromatic rings. The zero-order valence-electron chi connectivity index (χ0n) is 20.4. The largest absolute Gasteiger partial charge is 0.496 e. The van der Waals surface area contributed by atoms with E-state index in [1.807, 2.05) is 40.0 Å². The van der Waals surface area contributed by atoms with Crippen LogP contribution in [-0.2, 0) is 0 Å². The van der Waals surface area contributed by atoms with Crippen molar-refractivity contribution in [1.82, 2.24) is 20.0 Å². The van der Waals surface area contributed by atoms with Crippen LogP contribution in [0.15, 0.2) is 42.6 Å². The minimum absolute atomic E-state index is 0.235. The van der Waals surface area contributed by atoms with Crippen molar-refractivity contribution in [2.45, 2.75) is 33.2 Å². The molecule has 4 rings (SSSR count). The standard InChI is InChI=1S/C26H27FN4O3S/c1-14-11-19(34-6)18(23(32)30-26(2,3)4)12-17(14)20-13-31-22(24(33)28-5)21(29-25(31)35-20)15-7-9-16(27)10-8-15/h7-13H,1-6H3,(H,28,33)(H,30,32). The Bertz CT molecular complexity index is 1430. The molecule has 2 aromatic heterocycles. The van der Waals surface area contributed by atoms with Crippen LogP contribution in [0.3, 0.4) is 0 Å². The molecular weight excluding hydrogens is 467 g/mol. The number of imidazole rings is 1. The number of rotatable bonds is 5. The SMILES string of the molecule is CNC(=O)c1c(-c2ccc(F)cc2)nc2sc(-c3cc(C(=O)NC(C)(C)C)c(OC)cc3C)cn12. The fourth-order valence-electron chi connectivity index (χ4n) is 3.82. The van der Waals surface area contributed by atoms with Gasteiger partial charge >= 0.3 is 0 Å². The number of nitrogens with one attached hydrogen (secondary N) is 2. The molecule has 0 unspecified atom stereocenters. The third kappa shape index (κ3) is 4.77. The highest BCUT2D eigenvalue weighted by Gasteiger charge is 2.24. The molecule has 0 spiro atoms. The zero-order chi connectivity index (χ0) is 25.5. The number of halogens is 1. The summed E-state index contributed by atoms with van der Waals surface area (Å²) in [4.78, 5) is 31.9. The molecule has 0 aliphatic rings. The van der Waals surface area contributed by atoms with E-state index in [1.165, 1.54) is 30.6 Å². The van der Waals surface area contributed by atoms with Crippen molar-refractivity contribution in [3.63, 3.8) is 0 Å².